The molecule has 3 aromatic rings. The molecule has 1 aromatic heterocycles. The molecule has 9 heteroatoms. The number of nitrogens with one attached hydrogen (secondary N) is 2. The van der Waals surface area contributed by atoms with Crippen molar-refractivity contribution in [3.05, 3.63) is 77.0 Å². The number of amides is 1. The van der Waals surface area contributed by atoms with Crippen LogP contribution in [0.5, 0.6) is 5.75 Å². The summed E-state index contributed by atoms with van der Waals surface area (Å²) in [5.74, 6) is -0.385. The minimum Gasteiger partial charge on any atom is -0.508 e. The number of aliphatic hydroxyl groups is 1. The molecule has 232 valence electrons. The average Bonchev–Trinajstić information content (AvgIpc) is 3.03. The van der Waals surface area contributed by atoms with E-state index < -0.39 is 12.0 Å². The molecule has 0 aliphatic rings. The van der Waals surface area contributed by atoms with Gasteiger partial charge in [-0.25, -0.2) is 4.79 Å². The molecule has 0 fully saturated rings. The number of carbonyl (C=O) groups is 3. The molecule has 2 atom stereocenters. The fraction of sp³-hybridized carbons (Fsp3) is 0.353. The number of fused-ring (bicyclic) bond motifs is 1. The van der Waals surface area contributed by atoms with E-state index in [0.29, 0.717) is 18.4 Å². The number of aryl methyl sites for hydroxylation is 1. The second-order valence-electron chi connectivity index (χ2n) is 9.20. The third-order valence-corrected chi connectivity index (χ3v) is 5.97. The van der Waals surface area contributed by atoms with Crippen LogP contribution in [-0.4, -0.2) is 59.7 Å². The lowest BCUT2D eigenvalue weighted by Gasteiger charge is -2.13. The van der Waals surface area contributed by atoms with E-state index in [4.69, 9.17) is 14.9 Å². The Labute approximate surface area is 255 Å². The first-order valence-corrected chi connectivity index (χ1v) is 14.0. The number of phenolic OH excluding ortho intramolecular Hbond substituents is 1. The number of carbonyl (C=O) groups excluding carboxylic acids is 3. The van der Waals surface area contributed by atoms with E-state index in [2.05, 4.69) is 28.5 Å². The van der Waals surface area contributed by atoms with Crippen LogP contribution in [0.4, 0.5) is 0 Å². The van der Waals surface area contributed by atoms with Crippen LogP contribution >= 0.6 is 0 Å². The normalized spacial score (nSPS) is 11.5. The van der Waals surface area contributed by atoms with E-state index in [0.717, 1.165) is 33.4 Å². The molecule has 0 aliphatic heterocycles. The molecule has 2 aromatic carbocycles. The number of hydrogen-bond donors (Lipinski definition) is 4. The Morgan fingerprint density at radius 2 is 1.72 bits per heavy atom. The number of esters is 1. The van der Waals surface area contributed by atoms with Crippen molar-refractivity contribution in [1.82, 2.24) is 15.6 Å². The second-order valence-corrected chi connectivity index (χ2v) is 9.20. The minimum absolute atomic E-state index is 0.0135. The van der Waals surface area contributed by atoms with Crippen LogP contribution < -0.4 is 10.6 Å². The van der Waals surface area contributed by atoms with Crippen molar-refractivity contribution in [3.8, 4) is 18.6 Å². The topological polar surface area (TPSA) is 138 Å². The van der Waals surface area contributed by atoms with Crippen molar-refractivity contribution >= 4 is 34.8 Å². The second kappa shape index (κ2) is 21.1. The van der Waals surface area contributed by atoms with E-state index >= 15 is 0 Å². The highest BCUT2D eigenvalue weighted by Crippen LogP contribution is 2.24. The third-order valence-electron chi connectivity index (χ3n) is 5.97. The average molecular weight is 592 g/mol. The molecule has 0 radical (unpaired) electrons. The lowest BCUT2D eigenvalue weighted by Crippen LogP contribution is -2.36. The molecule has 43 heavy (non-hydrogen) atoms. The quantitative estimate of drug-likeness (QED) is 0.141. The fourth-order valence-corrected chi connectivity index (χ4v) is 3.77. The molecule has 0 spiro atoms. The number of Topliss-reactive ketones (excluding diaryl/α,β-unsaturated/α-hetero) is 1. The van der Waals surface area contributed by atoms with Gasteiger partial charge in [0.2, 0.25) is 6.41 Å². The number of pyridine rings is 1. The summed E-state index contributed by atoms with van der Waals surface area (Å²) in [5.41, 5.74) is 4.87. The maximum Gasteiger partial charge on any atom is 0.338 e. The van der Waals surface area contributed by atoms with Crippen molar-refractivity contribution < 1.29 is 29.3 Å². The molecule has 0 bridgehead atoms. The Morgan fingerprint density at radius 1 is 1.09 bits per heavy atom. The van der Waals surface area contributed by atoms with E-state index in [-0.39, 0.29) is 30.7 Å². The lowest BCUT2D eigenvalue weighted by atomic mass is 10.0. The van der Waals surface area contributed by atoms with Crippen LogP contribution in [0.3, 0.4) is 0 Å². The van der Waals surface area contributed by atoms with Gasteiger partial charge in [-0.15, -0.1) is 12.8 Å². The highest BCUT2D eigenvalue weighted by Gasteiger charge is 2.16. The largest absolute Gasteiger partial charge is 0.508 e. The third kappa shape index (κ3) is 12.8. The smallest absolute Gasteiger partial charge is 0.338 e. The Bertz CT molecular complexity index is 1350. The molecular weight excluding hydrogens is 546 g/mol. The molecular formula is C34H45N3O6. The summed E-state index contributed by atoms with van der Waals surface area (Å²) < 4.78 is 5.34. The zero-order valence-electron chi connectivity index (χ0n) is 26.2. The zero-order chi connectivity index (χ0) is 32.9. The summed E-state index contributed by atoms with van der Waals surface area (Å²) in [5, 5.41) is 24.5. The number of rotatable bonds is 11. The molecule has 1 heterocycles. The summed E-state index contributed by atoms with van der Waals surface area (Å²) in [6.45, 7) is 11.2. The highest BCUT2D eigenvalue weighted by atomic mass is 16.5. The van der Waals surface area contributed by atoms with E-state index in [1.54, 1.807) is 30.3 Å². The monoisotopic (exact) mass is 591 g/mol. The first kappa shape index (κ1) is 38.3. The number of nitrogens with zero attached hydrogens (tertiary/aromatic N) is 1. The Morgan fingerprint density at radius 3 is 2.23 bits per heavy atom. The van der Waals surface area contributed by atoms with E-state index in [1.807, 2.05) is 65.9 Å². The van der Waals surface area contributed by atoms with Gasteiger partial charge in [0.05, 0.1) is 23.7 Å². The number of terminal acetylenes is 1. The Hall–Kier alpha value is -4.68. The number of allylic oxidation sites excluding steroid dienone is 1. The Balaban J connectivity index is 0.000000798. The standard InChI is InChI=1S/C19H24N2O3.C11H13NO3.C2H6.C2H2/c1-5-17(20-4)14-6-7-18-15(9-14)16(8-13(3)21-18)19(23)24-11-12(2)10-22;1-8(14)11(12-7-13)6-9-2-4-10(15)5-3-9;2*1-2/h5-9,12,20,22H,10-11H2,1-4H3;2-5,7,11,15H,6H2,1H3,(H,12,13);1-2H3;1-2H/b17-5-;;;. The summed E-state index contributed by atoms with van der Waals surface area (Å²) in [7, 11) is 1.86. The van der Waals surface area contributed by atoms with Crippen LogP contribution in [0.25, 0.3) is 16.6 Å². The zero-order valence-corrected chi connectivity index (χ0v) is 26.2. The number of ketones is 1. The Kier molecular flexibility index (Phi) is 18.8. The minimum atomic E-state index is -0.493. The number of hydrogen-bond acceptors (Lipinski definition) is 8. The van der Waals surface area contributed by atoms with Gasteiger partial charge in [0.1, 0.15) is 5.75 Å². The van der Waals surface area contributed by atoms with Crippen LogP contribution in [0.2, 0.25) is 0 Å². The fourth-order valence-electron chi connectivity index (χ4n) is 3.77. The van der Waals surface area contributed by atoms with Crippen LogP contribution in [0, 0.1) is 25.7 Å². The van der Waals surface area contributed by atoms with Gasteiger partial charge in [0.15, 0.2) is 5.78 Å². The van der Waals surface area contributed by atoms with E-state index in [1.165, 1.54) is 6.92 Å². The summed E-state index contributed by atoms with van der Waals surface area (Å²) in [4.78, 5) is 38.4. The van der Waals surface area contributed by atoms with E-state index in [9.17, 15) is 14.4 Å². The number of aromatic hydroxyl groups is 1. The molecule has 2 unspecified atom stereocenters. The molecule has 0 saturated carbocycles. The van der Waals surface area contributed by atoms with Gasteiger partial charge in [0, 0.05) is 36.3 Å². The number of aliphatic hydroxyl groups excluding tert-OH is 1. The number of ether oxygens (including phenoxy) is 1. The van der Waals surface area contributed by atoms with Crippen molar-refractivity contribution in [3.63, 3.8) is 0 Å². The molecule has 4 N–H and O–H groups in total. The van der Waals surface area contributed by atoms with Gasteiger partial charge < -0.3 is 25.6 Å². The number of phenols is 1. The molecule has 1 amide bonds. The van der Waals surface area contributed by atoms with Crippen LogP contribution in [0.1, 0.15) is 61.8 Å². The summed E-state index contributed by atoms with van der Waals surface area (Å²) >= 11 is 0. The summed E-state index contributed by atoms with van der Waals surface area (Å²) in [6, 6.07) is 13.6. The molecule has 9 nitrogen and oxygen atoms in total. The van der Waals surface area contributed by atoms with Crippen molar-refractivity contribution in [2.75, 3.05) is 20.3 Å². The maximum atomic E-state index is 12.5. The maximum absolute atomic E-state index is 12.5. The van der Waals surface area contributed by atoms with Gasteiger partial charge >= 0.3 is 5.97 Å². The number of benzene rings is 2. The molecule has 0 saturated heterocycles. The van der Waals surface area contributed by atoms with Gasteiger partial charge in [-0.3, -0.25) is 14.6 Å². The predicted molar refractivity (Wildman–Crippen MR) is 172 cm³/mol. The number of aromatic nitrogens is 1. The van der Waals surface area contributed by atoms with Crippen LogP contribution in [0.15, 0.2) is 54.6 Å². The van der Waals surface area contributed by atoms with Gasteiger partial charge in [-0.1, -0.05) is 45.0 Å². The predicted octanol–water partition coefficient (Wildman–Crippen LogP) is 4.82. The van der Waals surface area contributed by atoms with Crippen LogP contribution in [-0.2, 0) is 20.7 Å². The first-order valence-electron chi connectivity index (χ1n) is 14.0. The van der Waals surface area contributed by atoms with Crippen molar-refractivity contribution in [1.29, 1.82) is 0 Å². The molecule has 3 rings (SSSR count). The lowest BCUT2D eigenvalue weighted by molar-refractivity contribution is -0.121. The first-order chi connectivity index (χ1) is 20.6. The van der Waals surface area contributed by atoms with Gasteiger partial charge in [0.25, 0.3) is 0 Å². The van der Waals surface area contributed by atoms with Gasteiger partial charge in [-0.2, -0.15) is 0 Å². The van der Waals surface area contributed by atoms with Crippen molar-refractivity contribution in [2.24, 2.45) is 5.92 Å². The highest BCUT2D eigenvalue weighted by molar-refractivity contribution is 6.04. The van der Waals surface area contributed by atoms with Gasteiger partial charge in [-0.05, 0) is 68.7 Å². The van der Waals surface area contributed by atoms with Crippen molar-refractivity contribution in [2.45, 2.75) is 54.0 Å². The SMILES string of the molecule is C#C.C/C=C(\NC)c1ccc2nc(C)cc(C(=O)OCC(C)CO)c2c1.CC.CC(=O)C(Cc1ccc(O)cc1)NC=O. The summed E-state index contributed by atoms with van der Waals surface area (Å²) in [6.07, 6.45) is 10.9. The molecule has 0 aliphatic carbocycles.